The molecule has 0 bridgehead atoms. The molecule has 3 rings (SSSR count). The molecular weight excluding hydrogens is 332 g/mol. The molecule has 1 unspecified atom stereocenters. The number of urea groups is 1. The summed E-state index contributed by atoms with van der Waals surface area (Å²) >= 11 is 0. The van der Waals surface area contributed by atoms with Crippen LogP contribution in [0.2, 0.25) is 0 Å². The number of carbonyl (C=O) groups excluding carboxylic acids is 2. The Morgan fingerprint density at radius 3 is 2.88 bits per heavy atom. The molecule has 7 nitrogen and oxygen atoms in total. The SMILES string of the molecule is COc1cccc(CN2CCCC3(CCN(C(=O)CNC(N)=O)C3)C2)c1. The maximum absolute atomic E-state index is 12.2. The van der Waals surface area contributed by atoms with E-state index in [0.717, 1.165) is 57.7 Å². The van der Waals surface area contributed by atoms with Gasteiger partial charge in [-0.15, -0.1) is 0 Å². The van der Waals surface area contributed by atoms with Crippen molar-refractivity contribution in [2.24, 2.45) is 11.1 Å². The number of carbonyl (C=O) groups is 2. The highest BCUT2D eigenvalue weighted by Crippen LogP contribution is 2.39. The van der Waals surface area contributed by atoms with Crippen molar-refractivity contribution < 1.29 is 14.3 Å². The lowest BCUT2D eigenvalue weighted by Crippen LogP contribution is -2.46. The lowest BCUT2D eigenvalue weighted by molar-refractivity contribution is -0.129. The summed E-state index contributed by atoms with van der Waals surface area (Å²) in [6.45, 7) is 4.48. The minimum absolute atomic E-state index is 0.0149. The van der Waals surface area contributed by atoms with Crippen LogP contribution in [0.25, 0.3) is 0 Å². The summed E-state index contributed by atoms with van der Waals surface area (Å²) in [5, 5.41) is 2.39. The van der Waals surface area contributed by atoms with Gasteiger partial charge < -0.3 is 20.7 Å². The van der Waals surface area contributed by atoms with Gasteiger partial charge in [0.1, 0.15) is 5.75 Å². The van der Waals surface area contributed by atoms with Gasteiger partial charge in [0.25, 0.3) is 0 Å². The molecule has 7 heteroatoms. The molecule has 3 amide bonds. The van der Waals surface area contributed by atoms with Gasteiger partial charge in [-0.05, 0) is 43.5 Å². The first-order valence-corrected chi connectivity index (χ1v) is 9.16. The Morgan fingerprint density at radius 2 is 2.12 bits per heavy atom. The van der Waals surface area contributed by atoms with Crippen LogP contribution in [0.5, 0.6) is 5.75 Å². The number of methoxy groups -OCH3 is 1. The molecule has 2 heterocycles. The average Bonchev–Trinajstić information content (AvgIpc) is 3.03. The van der Waals surface area contributed by atoms with Crippen LogP contribution in [-0.4, -0.2) is 61.6 Å². The number of piperidine rings is 1. The van der Waals surface area contributed by atoms with E-state index < -0.39 is 6.03 Å². The average molecular weight is 360 g/mol. The number of rotatable bonds is 5. The van der Waals surface area contributed by atoms with Gasteiger partial charge in [-0.1, -0.05) is 12.1 Å². The van der Waals surface area contributed by atoms with E-state index in [1.165, 1.54) is 5.56 Å². The Kier molecular flexibility index (Phi) is 5.66. The lowest BCUT2D eigenvalue weighted by Gasteiger charge is -2.40. The van der Waals surface area contributed by atoms with Crippen molar-refractivity contribution in [3.8, 4) is 5.75 Å². The van der Waals surface area contributed by atoms with E-state index in [4.69, 9.17) is 10.5 Å². The van der Waals surface area contributed by atoms with E-state index in [2.05, 4.69) is 22.3 Å². The standard InChI is InChI=1S/C19H28N4O3/c1-26-16-5-2-4-15(10-16)12-22-8-3-6-19(13-22)7-9-23(14-19)17(24)11-21-18(20)25/h2,4-5,10H,3,6-9,11-14H2,1H3,(H3,20,21,25). The first-order chi connectivity index (χ1) is 12.5. The fraction of sp³-hybridized carbons (Fsp3) is 0.579. The smallest absolute Gasteiger partial charge is 0.312 e. The summed E-state index contributed by atoms with van der Waals surface area (Å²) in [5.74, 6) is 0.833. The minimum Gasteiger partial charge on any atom is -0.497 e. The molecule has 2 saturated heterocycles. The van der Waals surface area contributed by atoms with E-state index in [0.29, 0.717) is 0 Å². The van der Waals surface area contributed by atoms with Crippen molar-refractivity contribution >= 4 is 11.9 Å². The summed E-state index contributed by atoms with van der Waals surface area (Å²) in [6.07, 6.45) is 3.31. The van der Waals surface area contributed by atoms with E-state index in [9.17, 15) is 9.59 Å². The number of hydrogen-bond acceptors (Lipinski definition) is 4. The van der Waals surface area contributed by atoms with E-state index in [1.54, 1.807) is 7.11 Å². The van der Waals surface area contributed by atoms with Crippen molar-refractivity contribution in [3.05, 3.63) is 29.8 Å². The molecular formula is C19H28N4O3. The fourth-order valence-electron chi connectivity index (χ4n) is 4.23. The van der Waals surface area contributed by atoms with Gasteiger partial charge in [-0.3, -0.25) is 9.69 Å². The number of ether oxygens (including phenoxy) is 1. The molecule has 0 radical (unpaired) electrons. The fourth-order valence-corrected chi connectivity index (χ4v) is 4.23. The van der Waals surface area contributed by atoms with Crippen LogP contribution in [0, 0.1) is 5.41 Å². The van der Waals surface area contributed by atoms with Crippen LogP contribution in [0.3, 0.4) is 0 Å². The molecule has 142 valence electrons. The summed E-state index contributed by atoms with van der Waals surface area (Å²) in [4.78, 5) is 27.4. The number of nitrogens with zero attached hydrogens (tertiary/aromatic N) is 2. The normalized spacial score (nSPS) is 23.2. The highest BCUT2D eigenvalue weighted by molar-refractivity contribution is 5.83. The molecule has 0 aromatic heterocycles. The third-order valence-electron chi connectivity index (χ3n) is 5.49. The van der Waals surface area contributed by atoms with Crippen molar-refractivity contribution in [1.82, 2.24) is 15.1 Å². The maximum atomic E-state index is 12.2. The molecule has 2 aliphatic heterocycles. The number of likely N-dealkylation sites (tertiary alicyclic amines) is 2. The second-order valence-corrected chi connectivity index (χ2v) is 7.45. The quantitative estimate of drug-likeness (QED) is 0.825. The van der Waals surface area contributed by atoms with Crippen LogP contribution in [0.1, 0.15) is 24.8 Å². The van der Waals surface area contributed by atoms with E-state index in [1.807, 2.05) is 17.0 Å². The zero-order chi connectivity index (χ0) is 18.6. The third kappa shape index (κ3) is 4.46. The zero-order valence-electron chi connectivity index (χ0n) is 15.4. The van der Waals surface area contributed by atoms with Gasteiger partial charge in [0, 0.05) is 31.6 Å². The summed E-state index contributed by atoms with van der Waals surface area (Å²) in [7, 11) is 1.69. The molecule has 0 saturated carbocycles. The van der Waals surface area contributed by atoms with Gasteiger partial charge in [0.2, 0.25) is 5.91 Å². The van der Waals surface area contributed by atoms with Gasteiger partial charge in [0.15, 0.2) is 0 Å². The summed E-state index contributed by atoms with van der Waals surface area (Å²) in [6, 6.07) is 7.54. The van der Waals surface area contributed by atoms with Crippen LogP contribution < -0.4 is 15.8 Å². The van der Waals surface area contributed by atoms with E-state index in [-0.39, 0.29) is 17.9 Å². The van der Waals surface area contributed by atoms with Crippen molar-refractivity contribution in [2.45, 2.75) is 25.8 Å². The largest absolute Gasteiger partial charge is 0.497 e. The number of primary amides is 1. The zero-order valence-corrected chi connectivity index (χ0v) is 15.4. The van der Waals surface area contributed by atoms with Crippen LogP contribution >= 0.6 is 0 Å². The Bertz CT molecular complexity index is 666. The van der Waals surface area contributed by atoms with Gasteiger partial charge >= 0.3 is 6.03 Å². The second kappa shape index (κ2) is 7.95. The molecule has 3 N–H and O–H groups in total. The lowest BCUT2D eigenvalue weighted by atomic mass is 9.79. The van der Waals surface area contributed by atoms with Crippen LogP contribution in [0.4, 0.5) is 4.79 Å². The summed E-state index contributed by atoms with van der Waals surface area (Å²) in [5.41, 5.74) is 6.47. The number of hydrogen-bond donors (Lipinski definition) is 2. The third-order valence-corrected chi connectivity index (χ3v) is 5.49. The summed E-state index contributed by atoms with van der Waals surface area (Å²) < 4.78 is 5.32. The van der Waals surface area contributed by atoms with Crippen molar-refractivity contribution in [2.75, 3.05) is 39.8 Å². The van der Waals surface area contributed by atoms with E-state index >= 15 is 0 Å². The van der Waals surface area contributed by atoms with Gasteiger partial charge in [-0.25, -0.2) is 4.79 Å². The Hall–Kier alpha value is -2.28. The second-order valence-electron chi connectivity index (χ2n) is 7.45. The highest BCUT2D eigenvalue weighted by atomic mass is 16.5. The molecule has 1 aromatic carbocycles. The minimum atomic E-state index is -0.658. The maximum Gasteiger partial charge on any atom is 0.312 e. The topological polar surface area (TPSA) is 87.9 Å². The number of benzene rings is 1. The molecule has 2 fully saturated rings. The van der Waals surface area contributed by atoms with Gasteiger partial charge in [-0.2, -0.15) is 0 Å². The molecule has 26 heavy (non-hydrogen) atoms. The van der Waals surface area contributed by atoms with Crippen LogP contribution in [-0.2, 0) is 11.3 Å². The van der Waals surface area contributed by atoms with Crippen molar-refractivity contribution in [1.29, 1.82) is 0 Å². The molecule has 2 aliphatic rings. The Morgan fingerprint density at radius 1 is 1.27 bits per heavy atom. The highest BCUT2D eigenvalue weighted by Gasteiger charge is 2.42. The molecule has 0 aliphatic carbocycles. The Balaban J connectivity index is 1.57. The first-order valence-electron chi connectivity index (χ1n) is 9.16. The first kappa shape index (κ1) is 18.5. The molecule has 1 aromatic rings. The predicted octanol–water partition coefficient (Wildman–Crippen LogP) is 1.18. The molecule has 1 spiro atoms. The number of amides is 3. The Labute approximate surface area is 154 Å². The van der Waals surface area contributed by atoms with Crippen molar-refractivity contribution in [3.63, 3.8) is 0 Å². The predicted molar refractivity (Wildman–Crippen MR) is 98.7 cm³/mol. The number of nitrogens with one attached hydrogen (secondary N) is 1. The molecule has 1 atom stereocenters. The van der Waals surface area contributed by atoms with Crippen LogP contribution in [0.15, 0.2) is 24.3 Å². The van der Waals surface area contributed by atoms with Gasteiger partial charge in [0.05, 0.1) is 13.7 Å². The number of nitrogens with two attached hydrogens (primary N) is 1. The monoisotopic (exact) mass is 360 g/mol.